The number of fused-ring (bicyclic) bond motifs is 1. The number of thiazole rings is 1. The highest BCUT2D eigenvalue weighted by atomic mass is 32.1. The maximum absolute atomic E-state index is 13.1. The van der Waals surface area contributed by atoms with Crippen LogP contribution in [0, 0.1) is 0 Å². The second-order valence-electron chi connectivity index (χ2n) is 6.34. The molecule has 3 aromatic rings. The van der Waals surface area contributed by atoms with Gasteiger partial charge in [-0.2, -0.15) is 0 Å². The Morgan fingerprint density at radius 3 is 2.21 bits per heavy atom. The first kappa shape index (κ1) is 20.9. The second-order valence-corrected chi connectivity index (χ2v) is 7.45. The molecule has 7 heteroatoms. The molecule has 0 aliphatic heterocycles. The monoisotopic (exact) mass is 414 g/mol. The van der Waals surface area contributed by atoms with Crippen LogP contribution in [0.4, 0.5) is 0 Å². The molecule has 0 N–H and O–H groups in total. The lowest BCUT2D eigenvalue weighted by Gasteiger charge is -2.20. The molecule has 3 rings (SSSR count). The van der Waals surface area contributed by atoms with Crippen molar-refractivity contribution in [2.24, 2.45) is 0 Å². The van der Waals surface area contributed by atoms with Crippen LogP contribution in [-0.4, -0.2) is 42.7 Å². The molecule has 0 unspecified atom stereocenters. The Morgan fingerprint density at radius 1 is 1.00 bits per heavy atom. The molecule has 0 bridgehead atoms. The van der Waals surface area contributed by atoms with Gasteiger partial charge in [0.1, 0.15) is 5.01 Å². The highest BCUT2D eigenvalue weighted by Crippen LogP contribution is 2.39. The molecule has 1 heterocycles. The van der Waals surface area contributed by atoms with Gasteiger partial charge in [-0.15, -0.1) is 11.3 Å². The van der Waals surface area contributed by atoms with Gasteiger partial charge in [0.15, 0.2) is 11.5 Å². The van der Waals surface area contributed by atoms with Gasteiger partial charge >= 0.3 is 0 Å². The number of rotatable bonds is 9. The standard InChI is InChI=1S/C22H26N2O4S/c1-5-26-17-12-15(13-18(27-6-2)21(17)28-7-3)22(25)24(4)14-20-23-16-10-8-9-11-19(16)29-20/h8-13H,5-7,14H2,1-4H3. The van der Waals surface area contributed by atoms with E-state index in [4.69, 9.17) is 14.2 Å². The Kier molecular flexibility index (Phi) is 6.93. The molecule has 1 amide bonds. The summed E-state index contributed by atoms with van der Waals surface area (Å²) < 4.78 is 18.3. The highest BCUT2D eigenvalue weighted by Gasteiger charge is 2.21. The zero-order valence-electron chi connectivity index (χ0n) is 17.2. The summed E-state index contributed by atoms with van der Waals surface area (Å²) in [4.78, 5) is 19.4. The first-order valence-corrected chi connectivity index (χ1v) is 10.5. The van der Waals surface area contributed by atoms with Gasteiger partial charge in [0.2, 0.25) is 5.75 Å². The van der Waals surface area contributed by atoms with Crippen molar-refractivity contribution >= 4 is 27.5 Å². The summed E-state index contributed by atoms with van der Waals surface area (Å²) in [5.41, 5.74) is 1.44. The summed E-state index contributed by atoms with van der Waals surface area (Å²) in [5, 5.41) is 0.892. The molecule has 6 nitrogen and oxygen atoms in total. The fraction of sp³-hybridized carbons (Fsp3) is 0.364. The molecule has 0 atom stereocenters. The van der Waals surface area contributed by atoms with E-state index in [0.29, 0.717) is 49.2 Å². The smallest absolute Gasteiger partial charge is 0.254 e. The number of benzene rings is 2. The lowest BCUT2D eigenvalue weighted by Crippen LogP contribution is -2.26. The van der Waals surface area contributed by atoms with Gasteiger partial charge in [0.05, 0.1) is 36.6 Å². The molecule has 0 radical (unpaired) electrons. The van der Waals surface area contributed by atoms with E-state index in [9.17, 15) is 4.79 Å². The number of para-hydroxylation sites is 1. The van der Waals surface area contributed by atoms with E-state index in [-0.39, 0.29) is 5.91 Å². The molecule has 0 saturated carbocycles. The molecule has 0 aliphatic carbocycles. The first-order valence-electron chi connectivity index (χ1n) is 9.73. The van der Waals surface area contributed by atoms with E-state index < -0.39 is 0 Å². The Bertz CT molecular complexity index is 926. The van der Waals surface area contributed by atoms with Crippen LogP contribution in [0.3, 0.4) is 0 Å². The number of hydrogen-bond acceptors (Lipinski definition) is 6. The van der Waals surface area contributed by atoms with Crippen LogP contribution < -0.4 is 14.2 Å². The van der Waals surface area contributed by atoms with Crippen LogP contribution in [-0.2, 0) is 6.54 Å². The van der Waals surface area contributed by atoms with Crippen molar-refractivity contribution in [3.63, 3.8) is 0 Å². The second kappa shape index (κ2) is 9.60. The summed E-state index contributed by atoms with van der Waals surface area (Å²) in [5.74, 6) is 1.42. The number of carbonyl (C=O) groups excluding carboxylic acids is 1. The lowest BCUT2D eigenvalue weighted by molar-refractivity contribution is 0.0784. The predicted molar refractivity (Wildman–Crippen MR) is 115 cm³/mol. The van der Waals surface area contributed by atoms with E-state index in [0.717, 1.165) is 15.2 Å². The molecule has 29 heavy (non-hydrogen) atoms. The first-order chi connectivity index (χ1) is 14.1. The number of nitrogens with zero attached hydrogens (tertiary/aromatic N) is 2. The number of hydrogen-bond donors (Lipinski definition) is 0. The van der Waals surface area contributed by atoms with Gasteiger partial charge in [-0.05, 0) is 45.0 Å². The Balaban J connectivity index is 1.87. The normalized spacial score (nSPS) is 10.8. The third-order valence-corrected chi connectivity index (χ3v) is 5.23. The van der Waals surface area contributed by atoms with E-state index in [1.54, 1.807) is 35.4 Å². The largest absolute Gasteiger partial charge is 0.490 e. The van der Waals surface area contributed by atoms with Gasteiger partial charge in [0.25, 0.3) is 5.91 Å². The number of ether oxygens (including phenoxy) is 3. The Morgan fingerprint density at radius 2 is 1.62 bits per heavy atom. The molecule has 0 spiro atoms. The third-order valence-electron chi connectivity index (χ3n) is 4.21. The average Bonchev–Trinajstić information content (AvgIpc) is 3.12. The molecular weight excluding hydrogens is 388 g/mol. The van der Waals surface area contributed by atoms with Crippen molar-refractivity contribution in [1.29, 1.82) is 0 Å². The average molecular weight is 415 g/mol. The lowest BCUT2D eigenvalue weighted by atomic mass is 10.1. The summed E-state index contributed by atoms with van der Waals surface area (Å²) in [6.07, 6.45) is 0. The molecule has 0 aliphatic rings. The summed E-state index contributed by atoms with van der Waals surface area (Å²) >= 11 is 1.60. The number of carbonyl (C=O) groups is 1. The molecule has 1 aromatic heterocycles. The summed E-state index contributed by atoms with van der Waals surface area (Å²) in [7, 11) is 1.77. The minimum atomic E-state index is -0.130. The zero-order valence-corrected chi connectivity index (χ0v) is 18.0. The van der Waals surface area contributed by atoms with Gasteiger partial charge in [-0.1, -0.05) is 12.1 Å². The van der Waals surface area contributed by atoms with Crippen molar-refractivity contribution < 1.29 is 19.0 Å². The van der Waals surface area contributed by atoms with Crippen molar-refractivity contribution in [3.8, 4) is 17.2 Å². The topological polar surface area (TPSA) is 60.9 Å². The number of aromatic nitrogens is 1. The fourth-order valence-corrected chi connectivity index (χ4v) is 4.02. The molecule has 154 valence electrons. The van der Waals surface area contributed by atoms with Crippen LogP contribution in [0.15, 0.2) is 36.4 Å². The molecule has 0 saturated heterocycles. The maximum Gasteiger partial charge on any atom is 0.254 e. The van der Waals surface area contributed by atoms with Crippen LogP contribution in [0.5, 0.6) is 17.2 Å². The Hall–Kier alpha value is -2.80. The quantitative estimate of drug-likeness (QED) is 0.505. The SMILES string of the molecule is CCOc1cc(C(=O)N(C)Cc2nc3ccccc3s2)cc(OCC)c1OCC. The Labute approximate surface area is 175 Å². The third kappa shape index (κ3) is 4.79. The van der Waals surface area contributed by atoms with Gasteiger partial charge < -0.3 is 19.1 Å². The fourth-order valence-electron chi connectivity index (χ4n) is 2.99. The molecule has 0 fully saturated rings. The van der Waals surface area contributed by atoms with Crippen molar-refractivity contribution in [1.82, 2.24) is 9.88 Å². The highest BCUT2D eigenvalue weighted by molar-refractivity contribution is 7.18. The van der Waals surface area contributed by atoms with Crippen molar-refractivity contribution in [3.05, 3.63) is 47.0 Å². The van der Waals surface area contributed by atoms with Crippen molar-refractivity contribution in [2.45, 2.75) is 27.3 Å². The van der Waals surface area contributed by atoms with Crippen molar-refractivity contribution in [2.75, 3.05) is 26.9 Å². The minimum absolute atomic E-state index is 0.130. The van der Waals surface area contributed by atoms with E-state index in [1.165, 1.54) is 0 Å². The minimum Gasteiger partial charge on any atom is -0.490 e. The number of amides is 1. The summed E-state index contributed by atoms with van der Waals surface area (Å²) in [6.45, 7) is 7.52. The van der Waals surface area contributed by atoms with E-state index >= 15 is 0 Å². The predicted octanol–water partition coefficient (Wildman–Crippen LogP) is 4.76. The van der Waals surface area contributed by atoms with Crippen LogP contribution >= 0.6 is 11.3 Å². The molecular formula is C22H26N2O4S. The zero-order chi connectivity index (χ0) is 20.8. The summed E-state index contributed by atoms with van der Waals surface area (Å²) in [6, 6.07) is 11.4. The van der Waals surface area contributed by atoms with Crippen LogP contribution in [0.25, 0.3) is 10.2 Å². The van der Waals surface area contributed by atoms with E-state index in [2.05, 4.69) is 4.98 Å². The van der Waals surface area contributed by atoms with Crippen LogP contribution in [0.2, 0.25) is 0 Å². The maximum atomic E-state index is 13.1. The van der Waals surface area contributed by atoms with Gasteiger partial charge in [-0.25, -0.2) is 4.98 Å². The van der Waals surface area contributed by atoms with Gasteiger partial charge in [0, 0.05) is 12.6 Å². The van der Waals surface area contributed by atoms with Crippen LogP contribution in [0.1, 0.15) is 36.1 Å². The van der Waals surface area contributed by atoms with E-state index in [1.807, 2.05) is 45.0 Å². The van der Waals surface area contributed by atoms with Gasteiger partial charge in [-0.3, -0.25) is 4.79 Å². The molecule has 2 aromatic carbocycles.